The van der Waals surface area contributed by atoms with Gasteiger partial charge in [0, 0.05) is 29.6 Å². The van der Waals surface area contributed by atoms with Crippen LogP contribution >= 0.6 is 34.8 Å². The summed E-state index contributed by atoms with van der Waals surface area (Å²) in [7, 11) is 5.50. The molecular weight excluding hydrogens is 513 g/mol. The van der Waals surface area contributed by atoms with Crippen molar-refractivity contribution in [2.45, 2.75) is 0 Å². The lowest BCUT2D eigenvalue weighted by Crippen LogP contribution is -2.19. The van der Waals surface area contributed by atoms with E-state index >= 15 is 0 Å². The summed E-state index contributed by atoms with van der Waals surface area (Å²) in [5, 5.41) is 1.36. The lowest BCUT2D eigenvalue weighted by atomic mass is 10.0. The van der Waals surface area contributed by atoms with Crippen LogP contribution < -0.4 is 19.8 Å². The van der Waals surface area contributed by atoms with E-state index in [1.54, 1.807) is 25.3 Å². The van der Waals surface area contributed by atoms with Crippen LogP contribution in [0.3, 0.4) is 0 Å². The summed E-state index contributed by atoms with van der Waals surface area (Å²) in [6.07, 6.45) is 0. The summed E-state index contributed by atoms with van der Waals surface area (Å²) in [4.78, 5) is 15.1. The minimum absolute atomic E-state index is 0.0377. The number of rotatable bonds is 8. The van der Waals surface area contributed by atoms with Crippen molar-refractivity contribution in [3.05, 3.63) is 80.1 Å². The summed E-state index contributed by atoms with van der Waals surface area (Å²) in [5.74, 6) is 1.40. The molecule has 0 unspecified atom stereocenters. The first-order valence-electron chi connectivity index (χ1n) is 10.6. The molecule has 1 aromatic heterocycles. The number of benzene rings is 3. The minimum atomic E-state index is -0.686. The Morgan fingerprint density at radius 1 is 0.886 bits per heavy atom. The first-order chi connectivity index (χ1) is 16.8. The third-order valence-corrected chi connectivity index (χ3v) is 6.23. The van der Waals surface area contributed by atoms with Gasteiger partial charge in [0.25, 0.3) is 0 Å². The topological polar surface area (TPSA) is 61.1 Å². The Bertz CT molecular complexity index is 1420. The molecule has 0 aliphatic rings. The maximum Gasteiger partial charge on any atom is 0.380 e. The van der Waals surface area contributed by atoms with Crippen LogP contribution in [-0.2, 0) is 0 Å². The molecule has 0 amide bonds. The standard InChI is InChI=1S/C26H22Cl3NO5/c1-30(2)10-11-33-16-6-4-15(5-7-16)24-18-9-8-17(32-3)12-22(18)35-26(31)25(24)34-23-14-20(28)19(27)13-21(23)29/h4-9,12-14H,10-11H2,1-3H3. The van der Waals surface area contributed by atoms with Crippen molar-refractivity contribution in [2.75, 3.05) is 34.4 Å². The predicted octanol–water partition coefficient (Wildman–Crippen LogP) is 7.16. The summed E-state index contributed by atoms with van der Waals surface area (Å²) >= 11 is 18.5. The number of ether oxygens (including phenoxy) is 3. The van der Waals surface area contributed by atoms with E-state index in [0.717, 1.165) is 12.1 Å². The normalized spacial score (nSPS) is 11.2. The number of fused-ring (bicyclic) bond motifs is 1. The maximum absolute atomic E-state index is 13.1. The Morgan fingerprint density at radius 3 is 2.26 bits per heavy atom. The maximum atomic E-state index is 13.1. The molecule has 3 aromatic carbocycles. The fourth-order valence-electron chi connectivity index (χ4n) is 3.43. The zero-order valence-electron chi connectivity index (χ0n) is 19.2. The molecule has 35 heavy (non-hydrogen) atoms. The van der Waals surface area contributed by atoms with E-state index in [2.05, 4.69) is 0 Å². The van der Waals surface area contributed by atoms with Crippen LogP contribution in [0, 0.1) is 0 Å². The molecule has 0 atom stereocenters. The van der Waals surface area contributed by atoms with Gasteiger partial charge in [0.1, 0.15) is 29.4 Å². The molecule has 0 N–H and O–H groups in total. The monoisotopic (exact) mass is 533 g/mol. The average molecular weight is 535 g/mol. The van der Waals surface area contributed by atoms with Crippen LogP contribution in [0.25, 0.3) is 22.1 Å². The fraction of sp³-hybridized carbons (Fsp3) is 0.192. The first kappa shape index (κ1) is 25.2. The largest absolute Gasteiger partial charge is 0.497 e. The van der Waals surface area contributed by atoms with Gasteiger partial charge in [0.2, 0.25) is 5.75 Å². The van der Waals surface area contributed by atoms with Gasteiger partial charge in [0.05, 0.1) is 22.2 Å². The number of methoxy groups -OCH3 is 1. The van der Waals surface area contributed by atoms with Crippen LogP contribution in [0.2, 0.25) is 15.1 Å². The smallest absolute Gasteiger partial charge is 0.380 e. The third kappa shape index (κ3) is 5.68. The van der Waals surface area contributed by atoms with E-state index in [9.17, 15) is 4.79 Å². The quantitative estimate of drug-likeness (QED) is 0.176. The van der Waals surface area contributed by atoms with E-state index in [0.29, 0.717) is 34.6 Å². The van der Waals surface area contributed by atoms with E-state index < -0.39 is 5.63 Å². The number of halogens is 3. The lowest BCUT2D eigenvalue weighted by molar-refractivity contribution is 0.261. The number of likely N-dealkylation sites (N-methyl/N-ethyl adjacent to an activating group) is 1. The molecule has 9 heteroatoms. The Morgan fingerprint density at radius 2 is 1.57 bits per heavy atom. The molecule has 0 aliphatic heterocycles. The lowest BCUT2D eigenvalue weighted by Gasteiger charge is -2.15. The van der Waals surface area contributed by atoms with Crippen LogP contribution in [0.5, 0.6) is 23.0 Å². The van der Waals surface area contributed by atoms with Crippen molar-refractivity contribution in [2.24, 2.45) is 0 Å². The van der Waals surface area contributed by atoms with Crippen molar-refractivity contribution in [3.63, 3.8) is 0 Å². The van der Waals surface area contributed by atoms with Gasteiger partial charge < -0.3 is 23.5 Å². The third-order valence-electron chi connectivity index (χ3n) is 5.21. The molecule has 4 aromatic rings. The molecule has 0 fully saturated rings. The molecule has 0 saturated carbocycles. The summed E-state index contributed by atoms with van der Waals surface area (Å²) in [5.41, 5.74) is 0.914. The van der Waals surface area contributed by atoms with Crippen molar-refractivity contribution in [1.29, 1.82) is 0 Å². The predicted molar refractivity (Wildman–Crippen MR) is 140 cm³/mol. The highest BCUT2D eigenvalue weighted by atomic mass is 35.5. The average Bonchev–Trinajstić information content (AvgIpc) is 2.83. The second-order valence-electron chi connectivity index (χ2n) is 7.93. The van der Waals surface area contributed by atoms with Gasteiger partial charge in [-0.05, 0) is 50.0 Å². The van der Waals surface area contributed by atoms with E-state index in [1.807, 2.05) is 43.3 Å². The molecule has 0 bridgehead atoms. The molecule has 182 valence electrons. The van der Waals surface area contributed by atoms with E-state index in [4.69, 9.17) is 53.4 Å². The highest BCUT2D eigenvalue weighted by Gasteiger charge is 2.21. The van der Waals surface area contributed by atoms with Crippen LogP contribution in [-0.4, -0.2) is 39.3 Å². The van der Waals surface area contributed by atoms with Crippen LogP contribution in [0.1, 0.15) is 0 Å². The second kappa shape index (κ2) is 10.8. The molecule has 0 spiro atoms. The van der Waals surface area contributed by atoms with Gasteiger partial charge in [0.15, 0.2) is 0 Å². The Labute approximate surface area is 217 Å². The number of hydrogen-bond donors (Lipinski definition) is 0. The zero-order chi connectivity index (χ0) is 25.1. The molecule has 0 radical (unpaired) electrons. The van der Waals surface area contributed by atoms with Gasteiger partial charge in [-0.15, -0.1) is 0 Å². The van der Waals surface area contributed by atoms with E-state index in [1.165, 1.54) is 12.1 Å². The minimum Gasteiger partial charge on any atom is -0.497 e. The fourth-order valence-corrected chi connectivity index (χ4v) is 4.00. The number of nitrogens with zero attached hydrogens (tertiary/aromatic N) is 1. The van der Waals surface area contributed by atoms with Gasteiger partial charge in [-0.1, -0.05) is 46.9 Å². The second-order valence-corrected chi connectivity index (χ2v) is 9.15. The summed E-state index contributed by atoms with van der Waals surface area (Å²) in [6, 6.07) is 15.5. The zero-order valence-corrected chi connectivity index (χ0v) is 21.5. The number of hydrogen-bond acceptors (Lipinski definition) is 6. The van der Waals surface area contributed by atoms with Gasteiger partial charge in [-0.25, -0.2) is 4.79 Å². The van der Waals surface area contributed by atoms with Crippen molar-refractivity contribution in [1.82, 2.24) is 4.90 Å². The molecule has 1 heterocycles. The van der Waals surface area contributed by atoms with Crippen molar-refractivity contribution in [3.8, 4) is 34.1 Å². The van der Waals surface area contributed by atoms with Gasteiger partial charge in [-0.3, -0.25) is 0 Å². The van der Waals surface area contributed by atoms with Crippen LogP contribution in [0.15, 0.2) is 63.8 Å². The summed E-state index contributed by atoms with van der Waals surface area (Å²) < 4.78 is 22.7. The Kier molecular flexibility index (Phi) is 7.77. The SMILES string of the molecule is COc1ccc2c(-c3ccc(OCCN(C)C)cc3)c(Oc3cc(Cl)c(Cl)cc3Cl)c(=O)oc2c1. The molecule has 0 saturated heterocycles. The Balaban J connectivity index is 1.83. The van der Waals surface area contributed by atoms with Crippen LogP contribution in [0.4, 0.5) is 0 Å². The van der Waals surface area contributed by atoms with Crippen molar-refractivity contribution < 1.29 is 18.6 Å². The summed E-state index contributed by atoms with van der Waals surface area (Å²) in [6.45, 7) is 1.34. The van der Waals surface area contributed by atoms with Gasteiger partial charge in [-0.2, -0.15) is 0 Å². The molecule has 0 aliphatic carbocycles. The van der Waals surface area contributed by atoms with Gasteiger partial charge >= 0.3 is 5.63 Å². The van der Waals surface area contributed by atoms with E-state index in [-0.39, 0.29) is 26.6 Å². The molecule has 4 rings (SSSR count). The molecule has 6 nitrogen and oxygen atoms in total. The highest BCUT2D eigenvalue weighted by Crippen LogP contribution is 2.41. The molecular formula is C26H22Cl3NO5. The van der Waals surface area contributed by atoms with Crippen molar-refractivity contribution >= 4 is 45.8 Å². The first-order valence-corrected chi connectivity index (χ1v) is 11.8. The Hall–Kier alpha value is -2.90. The highest BCUT2D eigenvalue weighted by molar-refractivity contribution is 6.43.